The minimum Gasteiger partial charge on any atom is -0.480 e. The van der Waals surface area contributed by atoms with E-state index in [-0.39, 0.29) is 17.9 Å². The molecule has 0 aliphatic carbocycles. The van der Waals surface area contributed by atoms with Crippen molar-refractivity contribution < 1.29 is 22.7 Å². The van der Waals surface area contributed by atoms with Crippen LogP contribution in [0.2, 0.25) is 0 Å². The van der Waals surface area contributed by atoms with Gasteiger partial charge in [-0.3, -0.25) is 9.48 Å². The number of carbonyl (C=O) groups is 1. The number of likely N-dealkylation sites (tertiary alicyclic amines) is 1. The first-order valence-electron chi connectivity index (χ1n) is 9.01. The van der Waals surface area contributed by atoms with E-state index in [1.807, 2.05) is 31.2 Å². The normalized spacial score (nSPS) is 25.2. The van der Waals surface area contributed by atoms with Gasteiger partial charge in [-0.1, -0.05) is 25.1 Å². The molecule has 2 aliphatic heterocycles. The number of benzene rings is 1. The zero-order valence-corrected chi connectivity index (χ0v) is 14.8. The summed E-state index contributed by atoms with van der Waals surface area (Å²) in [5.41, 5.74) is 0.0976. The molecule has 0 unspecified atom stereocenters. The molecule has 1 fully saturated rings. The third kappa shape index (κ3) is 3.28. The smallest absolute Gasteiger partial charge is 0.435 e. The van der Waals surface area contributed by atoms with Gasteiger partial charge in [-0.15, -0.1) is 0 Å². The van der Waals surface area contributed by atoms with Crippen LogP contribution in [0.5, 0.6) is 5.75 Å². The molecule has 0 radical (unpaired) electrons. The zero-order valence-electron chi connectivity index (χ0n) is 14.8. The Morgan fingerprint density at radius 1 is 1.26 bits per heavy atom. The highest BCUT2D eigenvalue weighted by Crippen LogP contribution is 2.39. The number of ether oxygens (including phenoxy) is 1. The summed E-state index contributed by atoms with van der Waals surface area (Å²) in [5, 5.41) is 3.67. The van der Waals surface area contributed by atoms with Gasteiger partial charge in [-0.05, 0) is 25.0 Å². The summed E-state index contributed by atoms with van der Waals surface area (Å²) in [6.07, 6.45) is -2.32. The van der Waals surface area contributed by atoms with E-state index in [1.165, 1.54) is 10.9 Å². The van der Waals surface area contributed by atoms with Gasteiger partial charge >= 0.3 is 6.18 Å². The van der Waals surface area contributed by atoms with Crippen LogP contribution in [0.4, 0.5) is 13.2 Å². The Kier molecular flexibility index (Phi) is 4.36. The minimum absolute atomic E-state index is 0.0596. The number of para-hydroxylation sites is 1. The number of hydrogen-bond donors (Lipinski definition) is 0. The van der Waals surface area contributed by atoms with E-state index in [0.717, 1.165) is 17.4 Å². The molecule has 3 heterocycles. The largest absolute Gasteiger partial charge is 0.480 e. The molecule has 2 aliphatic rings. The number of rotatable bonds is 2. The van der Waals surface area contributed by atoms with Crippen LogP contribution in [0.1, 0.15) is 43.0 Å². The summed E-state index contributed by atoms with van der Waals surface area (Å²) in [6.45, 7) is 2.87. The molecule has 3 atom stereocenters. The summed E-state index contributed by atoms with van der Waals surface area (Å²) in [7, 11) is 0. The fraction of sp³-hybridized carbons (Fsp3) is 0.474. The van der Waals surface area contributed by atoms with Gasteiger partial charge in [0.2, 0.25) is 0 Å². The lowest BCUT2D eigenvalue weighted by atomic mass is 9.96. The molecule has 0 saturated carbocycles. The van der Waals surface area contributed by atoms with Crippen molar-refractivity contribution in [3.63, 3.8) is 0 Å². The second-order valence-electron chi connectivity index (χ2n) is 7.12. The molecule has 1 aromatic carbocycles. The lowest BCUT2D eigenvalue weighted by Crippen LogP contribution is -2.47. The van der Waals surface area contributed by atoms with Crippen molar-refractivity contribution in [2.45, 2.75) is 44.0 Å². The Labute approximate surface area is 154 Å². The summed E-state index contributed by atoms with van der Waals surface area (Å²) in [4.78, 5) is 14.7. The lowest BCUT2D eigenvalue weighted by molar-refractivity contribution is -0.143. The van der Waals surface area contributed by atoms with E-state index >= 15 is 0 Å². The van der Waals surface area contributed by atoms with Gasteiger partial charge in [0, 0.05) is 30.8 Å². The standard InChI is InChI=1S/C19H20F3N3O2/c1-12-14-6-2-3-7-15(14)27-17(12)18(26)24-9-4-5-13(11-24)25-10-8-16(23-25)19(20,21)22/h2-3,6-8,10,12-13,17H,4-5,9,11H2,1H3/t12-,13+,17-/m1/s1. The Hall–Kier alpha value is -2.51. The van der Waals surface area contributed by atoms with Gasteiger partial charge < -0.3 is 9.64 Å². The van der Waals surface area contributed by atoms with E-state index in [9.17, 15) is 18.0 Å². The quantitative estimate of drug-likeness (QED) is 0.801. The van der Waals surface area contributed by atoms with Gasteiger partial charge in [0.1, 0.15) is 5.75 Å². The highest BCUT2D eigenvalue weighted by Gasteiger charge is 2.40. The molecule has 5 nitrogen and oxygen atoms in total. The number of fused-ring (bicyclic) bond motifs is 1. The average molecular weight is 379 g/mol. The Morgan fingerprint density at radius 2 is 2.04 bits per heavy atom. The van der Waals surface area contributed by atoms with Crippen molar-refractivity contribution in [1.82, 2.24) is 14.7 Å². The molecule has 27 heavy (non-hydrogen) atoms. The topological polar surface area (TPSA) is 47.4 Å². The van der Waals surface area contributed by atoms with Crippen LogP contribution in [-0.4, -0.2) is 39.8 Å². The van der Waals surface area contributed by atoms with Crippen molar-refractivity contribution in [3.8, 4) is 5.75 Å². The van der Waals surface area contributed by atoms with Crippen LogP contribution < -0.4 is 4.74 Å². The minimum atomic E-state index is -4.46. The van der Waals surface area contributed by atoms with Gasteiger partial charge in [0.25, 0.3) is 5.91 Å². The molecule has 144 valence electrons. The fourth-order valence-electron chi connectivity index (χ4n) is 3.87. The average Bonchev–Trinajstić information content (AvgIpc) is 3.27. The highest BCUT2D eigenvalue weighted by atomic mass is 19.4. The van der Waals surface area contributed by atoms with Gasteiger partial charge in [-0.25, -0.2) is 0 Å². The van der Waals surface area contributed by atoms with E-state index < -0.39 is 18.0 Å². The maximum absolute atomic E-state index is 13.0. The number of carbonyl (C=O) groups excluding carboxylic acids is 1. The maximum atomic E-state index is 13.0. The molecule has 1 aromatic heterocycles. The van der Waals surface area contributed by atoms with Crippen LogP contribution >= 0.6 is 0 Å². The second kappa shape index (κ2) is 6.58. The van der Waals surface area contributed by atoms with Crippen molar-refractivity contribution in [3.05, 3.63) is 47.8 Å². The van der Waals surface area contributed by atoms with E-state index in [1.54, 1.807) is 4.90 Å². The van der Waals surface area contributed by atoms with Crippen molar-refractivity contribution in [2.24, 2.45) is 0 Å². The third-order valence-electron chi connectivity index (χ3n) is 5.34. The first kappa shape index (κ1) is 17.9. The SMILES string of the molecule is C[C@@H]1c2ccccc2O[C@H]1C(=O)N1CCC[C@H](n2ccc(C(F)(F)F)n2)C1. The summed E-state index contributed by atoms with van der Waals surface area (Å²) in [5.74, 6) is 0.543. The number of hydrogen-bond acceptors (Lipinski definition) is 3. The molecule has 2 aromatic rings. The maximum Gasteiger partial charge on any atom is 0.435 e. The predicted molar refractivity (Wildman–Crippen MR) is 91.4 cm³/mol. The Bertz CT molecular complexity index is 849. The summed E-state index contributed by atoms with van der Waals surface area (Å²) in [6, 6.07) is 8.29. The van der Waals surface area contributed by atoms with Crippen LogP contribution in [0.25, 0.3) is 0 Å². The monoisotopic (exact) mass is 379 g/mol. The first-order chi connectivity index (χ1) is 12.8. The van der Waals surface area contributed by atoms with Crippen LogP contribution in [0.3, 0.4) is 0 Å². The van der Waals surface area contributed by atoms with E-state index in [4.69, 9.17) is 4.74 Å². The van der Waals surface area contributed by atoms with Gasteiger partial charge in [-0.2, -0.15) is 18.3 Å². The van der Waals surface area contributed by atoms with Crippen molar-refractivity contribution >= 4 is 5.91 Å². The molecule has 0 spiro atoms. The molecule has 8 heteroatoms. The fourth-order valence-corrected chi connectivity index (χ4v) is 3.87. The van der Waals surface area contributed by atoms with Crippen molar-refractivity contribution in [2.75, 3.05) is 13.1 Å². The lowest BCUT2D eigenvalue weighted by Gasteiger charge is -2.34. The van der Waals surface area contributed by atoms with Crippen LogP contribution in [-0.2, 0) is 11.0 Å². The van der Waals surface area contributed by atoms with Crippen LogP contribution in [0, 0.1) is 0 Å². The first-order valence-corrected chi connectivity index (χ1v) is 9.01. The van der Waals surface area contributed by atoms with Crippen LogP contribution in [0.15, 0.2) is 36.5 Å². The van der Waals surface area contributed by atoms with Gasteiger partial charge in [0.05, 0.1) is 6.04 Å². The second-order valence-corrected chi connectivity index (χ2v) is 7.12. The molecule has 1 amide bonds. The number of aromatic nitrogens is 2. The molecular formula is C19H20F3N3O2. The Morgan fingerprint density at radius 3 is 2.74 bits per heavy atom. The highest BCUT2D eigenvalue weighted by molar-refractivity contribution is 5.83. The number of nitrogens with zero attached hydrogens (tertiary/aromatic N) is 3. The third-order valence-corrected chi connectivity index (χ3v) is 5.34. The zero-order chi connectivity index (χ0) is 19.2. The van der Waals surface area contributed by atoms with Gasteiger partial charge in [0.15, 0.2) is 11.8 Å². The molecule has 1 saturated heterocycles. The number of halogens is 3. The summed E-state index contributed by atoms with van der Waals surface area (Å²) >= 11 is 0. The molecule has 4 rings (SSSR count). The number of alkyl halides is 3. The summed E-state index contributed by atoms with van der Waals surface area (Å²) < 4.78 is 45.6. The molecular weight excluding hydrogens is 359 g/mol. The molecule has 0 bridgehead atoms. The van der Waals surface area contributed by atoms with Crippen molar-refractivity contribution in [1.29, 1.82) is 0 Å². The number of amides is 1. The van der Waals surface area contributed by atoms with E-state index in [0.29, 0.717) is 25.9 Å². The Balaban J connectivity index is 1.47. The van der Waals surface area contributed by atoms with E-state index in [2.05, 4.69) is 5.10 Å². The molecule has 0 N–H and O–H groups in total. The number of piperidine rings is 1. The predicted octanol–water partition coefficient (Wildman–Crippen LogP) is 3.63.